The molecule has 0 aliphatic rings. The highest BCUT2D eigenvalue weighted by molar-refractivity contribution is 6.32. The van der Waals surface area contributed by atoms with Crippen LogP contribution in [0.2, 0.25) is 10.0 Å². The first kappa shape index (κ1) is 16.3. The number of benzene rings is 2. The SMILES string of the molecule is Cc1c(Cl)c(=O)oc2cc(Oc3ccc([N+](=O)[O-])cc3Cl)ccc12. The monoisotopic (exact) mass is 365 g/mol. The third-order valence-corrected chi connectivity index (χ3v) is 4.16. The molecule has 1 aromatic heterocycles. The Morgan fingerprint density at radius 2 is 1.92 bits per heavy atom. The summed E-state index contributed by atoms with van der Waals surface area (Å²) in [5.74, 6) is 0.609. The quantitative estimate of drug-likeness (QED) is 0.365. The van der Waals surface area contributed by atoms with Gasteiger partial charge < -0.3 is 9.15 Å². The number of rotatable bonds is 3. The third-order valence-electron chi connectivity index (χ3n) is 3.42. The summed E-state index contributed by atoms with van der Waals surface area (Å²) in [6.07, 6.45) is 0. The number of halogens is 2. The summed E-state index contributed by atoms with van der Waals surface area (Å²) >= 11 is 11.9. The van der Waals surface area contributed by atoms with E-state index in [2.05, 4.69) is 0 Å². The lowest BCUT2D eigenvalue weighted by atomic mass is 10.1. The average molecular weight is 366 g/mol. The fourth-order valence-corrected chi connectivity index (χ4v) is 2.54. The first-order valence-electron chi connectivity index (χ1n) is 6.71. The lowest BCUT2D eigenvalue weighted by Gasteiger charge is -2.09. The van der Waals surface area contributed by atoms with Crippen molar-refractivity contribution in [2.75, 3.05) is 0 Å². The lowest BCUT2D eigenvalue weighted by Crippen LogP contribution is -2.01. The van der Waals surface area contributed by atoms with E-state index in [-0.39, 0.29) is 21.5 Å². The van der Waals surface area contributed by atoms with Crippen LogP contribution in [0, 0.1) is 17.0 Å². The van der Waals surface area contributed by atoms with Crippen molar-refractivity contribution in [1.29, 1.82) is 0 Å². The van der Waals surface area contributed by atoms with Crippen molar-refractivity contribution < 1.29 is 14.1 Å². The number of hydrogen-bond acceptors (Lipinski definition) is 5. The molecule has 0 aliphatic carbocycles. The summed E-state index contributed by atoms with van der Waals surface area (Å²) in [5, 5.41) is 11.5. The normalized spacial score (nSPS) is 10.8. The number of nitro groups is 1. The maximum atomic E-state index is 11.7. The molecule has 0 saturated heterocycles. The predicted octanol–water partition coefficient (Wildman–Crippen LogP) is 5.11. The molecule has 0 aliphatic heterocycles. The van der Waals surface area contributed by atoms with Gasteiger partial charge in [-0.2, -0.15) is 0 Å². The summed E-state index contributed by atoms with van der Waals surface area (Å²) in [5.41, 5.74) is 0.162. The first-order valence-corrected chi connectivity index (χ1v) is 7.47. The molecule has 2 aromatic carbocycles. The van der Waals surface area contributed by atoms with E-state index >= 15 is 0 Å². The molecule has 3 aromatic rings. The van der Waals surface area contributed by atoms with E-state index in [1.54, 1.807) is 19.1 Å². The number of hydrogen-bond donors (Lipinski definition) is 0. The molecule has 0 fully saturated rings. The van der Waals surface area contributed by atoms with Gasteiger partial charge in [0.2, 0.25) is 0 Å². The summed E-state index contributed by atoms with van der Waals surface area (Å²) in [6, 6.07) is 8.76. The molecule has 0 bridgehead atoms. The molecule has 8 heteroatoms. The molecule has 0 N–H and O–H groups in total. The fraction of sp³-hybridized carbons (Fsp3) is 0.0625. The van der Waals surface area contributed by atoms with Crippen molar-refractivity contribution in [1.82, 2.24) is 0 Å². The summed E-state index contributed by atoms with van der Waals surface area (Å²) in [7, 11) is 0. The second kappa shape index (κ2) is 6.14. The Kier molecular flexibility index (Phi) is 4.17. The van der Waals surface area contributed by atoms with Crippen molar-refractivity contribution >= 4 is 39.9 Å². The van der Waals surface area contributed by atoms with E-state index in [4.69, 9.17) is 32.4 Å². The molecule has 6 nitrogen and oxygen atoms in total. The zero-order valence-corrected chi connectivity index (χ0v) is 13.7. The maximum Gasteiger partial charge on any atom is 0.355 e. The Labute approximate surface area is 145 Å². The van der Waals surface area contributed by atoms with Gasteiger partial charge in [0.05, 0.1) is 9.95 Å². The molecule has 122 valence electrons. The molecular weight excluding hydrogens is 357 g/mol. The highest BCUT2D eigenvalue weighted by atomic mass is 35.5. The fourth-order valence-electron chi connectivity index (χ4n) is 2.19. The smallest absolute Gasteiger partial charge is 0.355 e. The van der Waals surface area contributed by atoms with Crippen LogP contribution in [-0.4, -0.2) is 4.92 Å². The third kappa shape index (κ3) is 2.93. The minimum atomic E-state index is -0.632. The molecule has 3 rings (SSSR count). The van der Waals surface area contributed by atoms with Crippen molar-refractivity contribution in [2.24, 2.45) is 0 Å². The Bertz CT molecular complexity index is 1030. The van der Waals surface area contributed by atoms with Gasteiger partial charge >= 0.3 is 5.63 Å². The average Bonchev–Trinajstić information content (AvgIpc) is 2.54. The molecule has 24 heavy (non-hydrogen) atoms. The van der Waals surface area contributed by atoms with Gasteiger partial charge in [0.15, 0.2) is 0 Å². The summed E-state index contributed by atoms with van der Waals surface area (Å²) in [4.78, 5) is 21.8. The van der Waals surface area contributed by atoms with Gasteiger partial charge in [-0.1, -0.05) is 23.2 Å². The van der Waals surface area contributed by atoms with E-state index in [0.29, 0.717) is 22.3 Å². The minimum Gasteiger partial charge on any atom is -0.456 e. The number of fused-ring (bicyclic) bond motifs is 1. The van der Waals surface area contributed by atoms with Crippen molar-refractivity contribution in [2.45, 2.75) is 6.92 Å². The molecule has 0 unspecified atom stereocenters. The Morgan fingerprint density at radius 3 is 2.58 bits per heavy atom. The Morgan fingerprint density at radius 1 is 1.17 bits per heavy atom. The second-order valence-corrected chi connectivity index (χ2v) is 5.75. The van der Waals surface area contributed by atoms with Crippen molar-refractivity contribution in [3.63, 3.8) is 0 Å². The molecule has 0 saturated carbocycles. The van der Waals surface area contributed by atoms with Crippen LogP contribution in [0.25, 0.3) is 11.0 Å². The van der Waals surface area contributed by atoms with Crippen LogP contribution in [0.4, 0.5) is 5.69 Å². The number of aryl methyl sites for hydroxylation is 1. The van der Waals surface area contributed by atoms with E-state index in [1.807, 2.05) is 0 Å². The molecule has 0 atom stereocenters. The summed E-state index contributed by atoms with van der Waals surface area (Å²) in [6.45, 7) is 1.72. The summed E-state index contributed by atoms with van der Waals surface area (Å²) < 4.78 is 10.8. The van der Waals surface area contributed by atoms with Crippen LogP contribution in [0.3, 0.4) is 0 Å². The largest absolute Gasteiger partial charge is 0.456 e. The van der Waals surface area contributed by atoms with Gasteiger partial charge in [0.25, 0.3) is 5.69 Å². The van der Waals surface area contributed by atoms with Gasteiger partial charge in [0, 0.05) is 23.6 Å². The van der Waals surface area contributed by atoms with E-state index in [0.717, 1.165) is 0 Å². The number of nitrogens with zero attached hydrogens (tertiary/aromatic N) is 1. The standard InChI is InChI=1S/C16H9Cl2NO5/c1-8-11-4-3-10(7-14(11)24-16(20)15(8)18)23-13-5-2-9(19(21)22)6-12(13)17/h2-7H,1H3. The zero-order chi connectivity index (χ0) is 17.4. The van der Waals surface area contributed by atoms with Crippen molar-refractivity contribution in [3.05, 3.63) is 72.5 Å². The van der Waals surface area contributed by atoms with Gasteiger partial charge in [0.1, 0.15) is 22.1 Å². The Balaban J connectivity index is 2.01. The van der Waals surface area contributed by atoms with Crippen LogP contribution >= 0.6 is 23.2 Å². The van der Waals surface area contributed by atoms with E-state index < -0.39 is 10.5 Å². The second-order valence-electron chi connectivity index (χ2n) is 4.96. The lowest BCUT2D eigenvalue weighted by molar-refractivity contribution is -0.384. The van der Waals surface area contributed by atoms with Gasteiger partial charge in [-0.15, -0.1) is 0 Å². The number of non-ortho nitro benzene ring substituents is 1. The van der Waals surface area contributed by atoms with Crippen LogP contribution in [-0.2, 0) is 0 Å². The van der Waals surface area contributed by atoms with Gasteiger partial charge in [-0.3, -0.25) is 10.1 Å². The highest BCUT2D eigenvalue weighted by Gasteiger charge is 2.13. The van der Waals surface area contributed by atoms with Gasteiger partial charge in [-0.25, -0.2) is 4.79 Å². The molecule has 1 heterocycles. The molecule has 0 radical (unpaired) electrons. The van der Waals surface area contributed by atoms with Crippen LogP contribution in [0.15, 0.2) is 45.6 Å². The van der Waals surface area contributed by atoms with Crippen LogP contribution in [0.1, 0.15) is 5.56 Å². The number of ether oxygens (including phenoxy) is 1. The van der Waals surface area contributed by atoms with E-state index in [1.165, 1.54) is 24.3 Å². The minimum absolute atomic E-state index is 0.0366. The van der Waals surface area contributed by atoms with Crippen molar-refractivity contribution in [3.8, 4) is 11.5 Å². The molecular formula is C16H9Cl2NO5. The maximum absolute atomic E-state index is 11.7. The molecule has 0 spiro atoms. The predicted molar refractivity (Wildman–Crippen MR) is 90.4 cm³/mol. The molecule has 0 amide bonds. The Hall–Kier alpha value is -2.57. The van der Waals surface area contributed by atoms with Crippen LogP contribution in [0.5, 0.6) is 11.5 Å². The zero-order valence-electron chi connectivity index (χ0n) is 12.2. The van der Waals surface area contributed by atoms with Crippen LogP contribution < -0.4 is 10.4 Å². The highest BCUT2D eigenvalue weighted by Crippen LogP contribution is 2.34. The van der Waals surface area contributed by atoms with Gasteiger partial charge in [-0.05, 0) is 30.7 Å². The topological polar surface area (TPSA) is 82.6 Å². The van der Waals surface area contributed by atoms with E-state index in [9.17, 15) is 14.9 Å². The number of nitro benzene ring substituents is 1. The first-order chi connectivity index (χ1) is 11.4.